The van der Waals surface area contributed by atoms with Gasteiger partial charge in [-0.3, -0.25) is 15.0 Å². The van der Waals surface area contributed by atoms with Crippen LogP contribution in [0, 0.1) is 23.0 Å². The highest BCUT2D eigenvalue weighted by Gasteiger charge is 2.22. The Morgan fingerprint density at radius 3 is 2.83 bits per heavy atom. The standard InChI is InChI=1S/C15H23N3O4S/c1-12-14(6-3-7-15(12)18(19)20)11-17-8-4-5-13(10-17)9-16-23(2,21)22/h3,6-7,13,16H,4-5,8-11H2,1-2H3. The lowest BCUT2D eigenvalue weighted by atomic mass is 9.97. The van der Waals surface area contributed by atoms with E-state index in [-0.39, 0.29) is 16.5 Å². The molecule has 1 aromatic rings. The Balaban J connectivity index is 2.00. The maximum absolute atomic E-state index is 11.2. The molecule has 128 valence electrons. The molecule has 1 saturated heterocycles. The van der Waals surface area contributed by atoms with Crippen LogP contribution in [-0.2, 0) is 16.6 Å². The number of hydrogen-bond donors (Lipinski definition) is 1. The first-order valence-corrected chi connectivity index (χ1v) is 9.55. The summed E-state index contributed by atoms with van der Waals surface area (Å²) in [7, 11) is -3.17. The van der Waals surface area contributed by atoms with E-state index in [1.807, 2.05) is 6.07 Å². The molecule has 0 spiro atoms. The van der Waals surface area contributed by atoms with Crippen LogP contribution in [0.1, 0.15) is 24.0 Å². The first-order chi connectivity index (χ1) is 10.8. The molecule has 1 aliphatic rings. The lowest BCUT2D eigenvalue weighted by Crippen LogP contribution is -2.40. The normalized spacial score (nSPS) is 19.7. The maximum Gasteiger partial charge on any atom is 0.272 e. The van der Waals surface area contributed by atoms with Gasteiger partial charge in [0.05, 0.1) is 11.2 Å². The van der Waals surface area contributed by atoms with Crippen molar-refractivity contribution < 1.29 is 13.3 Å². The molecular weight excluding hydrogens is 318 g/mol. The Bertz CT molecular complexity index is 675. The Labute approximate surface area is 136 Å². The second-order valence-corrected chi connectivity index (χ2v) is 8.02. The van der Waals surface area contributed by atoms with E-state index in [1.54, 1.807) is 13.0 Å². The number of sulfonamides is 1. The number of hydrogen-bond acceptors (Lipinski definition) is 5. The number of nitrogens with zero attached hydrogens (tertiary/aromatic N) is 2. The van der Waals surface area contributed by atoms with Gasteiger partial charge in [-0.1, -0.05) is 12.1 Å². The summed E-state index contributed by atoms with van der Waals surface area (Å²) in [6.07, 6.45) is 3.16. The number of nitro benzene ring substituents is 1. The molecule has 0 radical (unpaired) electrons. The molecule has 0 aromatic heterocycles. The zero-order chi connectivity index (χ0) is 17.0. The Kier molecular flexibility index (Phi) is 5.72. The van der Waals surface area contributed by atoms with Crippen molar-refractivity contribution in [2.24, 2.45) is 5.92 Å². The van der Waals surface area contributed by atoms with E-state index in [2.05, 4.69) is 9.62 Å². The van der Waals surface area contributed by atoms with E-state index in [0.717, 1.165) is 31.5 Å². The highest BCUT2D eigenvalue weighted by molar-refractivity contribution is 7.88. The van der Waals surface area contributed by atoms with Crippen LogP contribution in [0.3, 0.4) is 0 Å². The third-order valence-electron chi connectivity index (χ3n) is 4.25. The third kappa shape index (κ3) is 5.26. The van der Waals surface area contributed by atoms with Gasteiger partial charge in [0.2, 0.25) is 10.0 Å². The van der Waals surface area contributed by atoms with Crippen molar-refractivity contribution in [2.75, 3.05) is 25.9 Å². The van der Waals surface area contributed by atoms with Crippen molar-refractivity contribution in [2.45, 2.75) is 26.3 Å². The molecule has 1 heterocycles. The Morgan fingerprint density at radius 2 is 2.17 bits per heavy atom. The van der Waals surface area contributed by atoms with Gasteiger partial charge in [0.15, 0.2) is 0 Å². The Morgan fingerprint density at radius 1 is 1.43 bits per heavy atom. The molecule has 1 atom stereocenters. The fourth-order valence-electron chi connectivity index (χ4n) is 3.01. The fraction of sp³-hybridized carbons (Fsp3) is 0.600. The van der Waals surface area contributed by atoms with Crippen LogP contribution in [0.4, 0.5) is 5.69 Å². The van der Waals surface area contributed by atoms with Gasteiger partial charge in [-0.05, 0) is 37.8 Å². The van der Waals surface area contributed by atoms with Crippen molar-refractivity contribution >= 4 is 15.7 Å². The highest BCUT2D eigenvalue weighted by Crippen LogP contribution is 2.24. The number of nitro groups is 1. The van der Waals surface area contributed by atoms with Crippen LogP contribution in [0.15, 0.2) is 18.2 Å². The molecule has 8 heteroatoms. The minimum atomic E-state index is -3.17. The van der Waals surface area contributed by atoms with Crippen LogP contribution in [0.5, 0.6) is 0 Å². The van der Waals surface area contributed by atoms with E-state index < -0.39 is 10.0 Å². The molecule has 0 amide bonds. The largest absolute Gasteiger partial charge is 0.299 e. The van der Waals surface area contributed by atoms with Crippen LogP contribution >= 0.6 is 0 Å². The average Bonchev–Trinajstić information content (AvgIpc) is 2.47. The summed E-state index contributed by atoms with van der Waals surface area (Å²) in [6, 6.07) is 5.15. The predicted octanol–water partition coefficient (Wildman–Crippen LogP) is 1.66. The van der Waals surface area contributed by atoms with Crippen molar-refractivity contribution in [1.29, 1.82) is 0 Å². The highest BCUT2D eigenvalue weighted by atomic mass is 32.2. The van der Waals surface area contributed by atoms with Crippen LogP contribution in [0.2, 0.25) is 0 Å². The summed E-state index contributed by atoms with van der Waals surface area (Å²) < 4.78 is 25.0. The molecule has 1 fully saturated rings. The first-order valence-electron chi connectivity index (χ1n) is 7.66. The molecule has 0 aliphatic carbocycles. The van der Waals surface area contributed by atoms with Gasteiger partial charge in [-0.2, -0.15) is 0 Å². The van der Waals surface area contributed by atoms with Gasteiger partial charge in [-0.15, -0.1) is 0 Å². The number of nitrogens with one attached hydrogen (secondary N) is 1. The Hall–Kier alpha value is -1.51. The molecule has 2 rings (SSSR count). The molecule has 1 unspecified atom stereocenters. The summed E-state index contributed by atoms with van der Waals surface area (Å²) >= 11 is 0. The third-order valence-corrected chi connectivity index (χ3v) is 4.94. The molecule has 1 aliphatic heterocycles. The SMILES string of the molecule is Cc1c(CN2CCCC(CNS(C)(=O)=O)C2)cccc1[N+](=O)[O-]. The van der Waals surface area contributed by atoms with Gasteiger partial charge in [0.1, 0.15) is 0 Å². The topological polar surface area (TPSA) is 92.6 Å². The van der Waals surface area contributed by atoms with Crippen molar-refractivity contribution in [3.05, 3.63) is 39.4 Å². The quantitative estimate of drug-likeness (QED) is 0.627. The molecular formula is C15H23N3O4S. The number of piperidine rings is 1. The lowest BCUT2D eigenvalue weighted by Gasteiger charge is -2.33. The molecule has 0 bridgehead atoms. The number of rotatable bonds is 6. The van der Waals surface area contributed by atoms with E-state index in [0.29, 0.717) is 18.7 Å². The zero-order valence-corrected chi connectivity index (χ0v) is 14.3. The van der Waals surface area contributed by atoms with Gasteiger partial charge in [0.25, 0.3) is 5.69 Å². The van der Waals surface area contributed by atoms with Gasteiger partial charge < -0.3 is 0 Å². The van der Waals surface area contributed by atoms with Crippen molar-refractivity contribution in [3.8, 4) is 0 Å². The number of benzene rings is 1. The second-order valence-electron chi connectivity index (χ2n) is 6.18. The fourth-order valence-corrected chi connectivity index (χ4v) is 3.55. The van der Waals surface area contributed by atoms with Gasteiger partial charge >= 0.3 is 0 Å². The maximum atomic E-state index is 11.2. The summed E-state index contributed by atoms with van der Waals surface area (Å²) in [6.45, 7) is 4.61. The zero-order valence-electron chi connectivity index (χ0n) is 13.5. The van der Waals surface area contributed by atoms with Gasteiger partial charge in [0, 0.05) is 31.3 Å². The van der Waals surface area contributed by atoms with Crippen LogP contribution < -0.4 is 4.72 Å². The average molecular weight is 341 g/mol. The summed E-state index contributed by atoms with van der Waals surface area (Å²) in [4.78, 5) is 12.9. The predicted molar refractivity (Wildman–Crippen MR) is 88.7 cm³/mol. The van der Waals surface area contributed by atoms with E-state index >= 15 is 0 Å². The molecule has 0 saturated carbocycles. The van der Waals surface area contributed by atoms with E-state index in [4.69, 9.17) is 0 Å². The smallest absolute Gasteiger partial charge is 0.272 e. The number of likely N-dealkylation sites (tertiary alicyclic amines) is 1. The second kappa shape index (κ2) is 7.37. The van der Waals surface area contributed by atoms with E-state index in [9.17, 15) is 18.5 Å². The van der Waals surface area contributed by atoms with E-state index in [1.165, 1.54) is 12.3 Å². The monoisotopic (exact) mass is 341 g/mol. The van der Waals surface area contributed by atoms with Crippen molar-refractivity contribution in [3.63, 3.8) is 0 Å². The van der Waals surface area contributed by atoms with Crippen LogP contribution in [-0.4, -0.2) is 44.1 Å². The molecule has 1 aromatic carbocycles. The minimum absolute atomic E-state index is 0.148. The van der Waals surface area contributed by atoms with Crippen molar-refractivity contribution in [1.82, 2.24) is 9.62 Å². The summed E-state index contributed by atoms with van der Waals surface area (Å²) in [5.41, 5.74) is 1.81. The lowest BCUT2D eigenvalue weighted by molar-refractivity contribution is -0.385. The summed E-state index contributed by atoms with van der Waals surface area (Å²) in [5, 5.41) is 11.0. The minimum Gasteiger partial charge on any atom is -0.299 e. The van der Waals surface area contributed by atoms with Crippen LogP contribution in [0.25, 0.3) is 0 Å². The molecule has 23 heavy (non-hydrogen) atoms. The van der Waals surface area contributed by atoms with Gasteiger partial charge in [-0.25, -0.2) is 13.1 Å². The molecule has 7 nitrogen and oxygen atoms in total. The summed E-state index contributed by atoms with van der Waals surface area (Å²) in [5.74, 6) is 0.275. The first kappa shape index (κ1) is 17.8. The molecule has 1 N–H and O–H groups in total.